The Kier molecular flexibility index (Phi) is 4.75. The van der Waals surface area contributed by atoms with Crippen LogP contribution in [-0.4, -0.2) is 18.2 Å². The summed E-state index contributed by atoms with van der Waals surface area (Å²) in [6.07, 6.45) is 1.13. The van der Waals surface area contributed by atoms with E-state index < -0.39 is 5.82 Å². The van der Waals surface area contributed by atoms with Crippen molar-refractivity contribution in [1.82, 2.24) is 0 Å². The monoisotopic (exact) mass is 274 g/mol. The number of hydrogen-bond acceptors (Lipinski definition) is 2. The Morgan fingerprint density at radius 1 is 1.53 bits per heavy atom. The highest BCUT2D eigenvalue weighted by Gasteiger charge is 2.12. The van der Waals surface area contributed by atoms with Crippen LogP contribution in [0, 0.1) is 5.82 Å². The normalized spacial score (nSPS) is 10.1. The van der Waals surface area contributed by atoms with Gasteiger partial charge in [-0.25, -0.2) is 4.39 Å². The number of halogens is 2. The molecule has 0 aromatic heterocycles. The summed E-state index contributed by atoms with van der Waals surface area (Å²) in [5, 5.41) is 0.760. The lowest BCUT2D eigenvalue weighted by Crippen LogP contribution is -2.03. The van der Waals surface area contributed by atoms with Crippen LogP contribution < -0.4 is 4.74 Å². The summed E-state index contributed by atoms with van der Waals surface area (Å²) in [5.74, 6) is -0.0836. The van der Waals surface area contributed by atoms with Gasteiger partial charge in [0.25, 0.3) is 0 Å². The first kappa shape index (κ1) is 12.2. The molecule has 82 valence electrons. The molecule has 0 fully saturated rings. The van der Waals surface area contributed by atoms with E-state index in [4.69, 9.17) is 4.74 Å². The smallest absolute Gasteiger partial charge is 0.166 e. The lowest BCUT2D eigenvalue weighted by atomic mass is 10.1. The van der Waals surface area contributed by atoms with Crippen molar-refractivity contribution < 1.29 is 13.9 Å². The third-order valence-electron chi connectivity index (χ3n) is 2.00. The molecular weight excluding hydrogens is 263 g/mol. The molecule has 0 heterocycles. The van der Waals surface area contributed by atoms with Gasteiger partial charge in [-0.2, -0.15) is 0 Å². The van der Waals surface area contributed by atoms with E-state index in [1.165, 1.54) is 25.3 Å². The molecule has 4 heteroatoms. The Balaban J connectivity index is 2.90. The lowest BCUT2D eigenvalue weighted by molar-refractivity contribution is 0.0978. The number of Topliss-reactive ketones (excluding diaryl/α,β-unsaturated/α-hetero) is 1. The molecule has 0 aliphatic carbocycles. The van der Waals surface area contributed by atoms with Crippen LogP contribution in [0.5, 0.6) is 5.75 Å². The van der Waals surface area contributed by atoms with Crippen molar-refractivity contribution in [3.8, 4) is 5.75 Å². The predicted molar refractivity (Wildman–Crippen MR) is 60.3 cm³/mol. The van der Waals surface area contributed by atoms with E-state index in [0.717, 1.165) is 11.8 Å². The summed E-state index contributed by atoms with van der Waals surface area (Å²) in [5.41, 5.74) is 0.318. The molecule has 0 radical (unpaired) electrons. The number of rotatable bonds is 5. The summed E-state index contributed by atoms with van der Waals surface area (Å²) in [4.78, 5) is 11.7. The first-order valence-corrected chi connectivity index (χ1v) is 5.74. The Labute approximate surface area is 96.6 Å². The van der Waals surface area contributed by atoms with E-state index in [1.54, 1.807) is 0 Å². The van der Waals surface area contributed by atoms with Gasteiger partial charge < -0.3 is 4.74 Å². The fourth-order valence-corrected chi connectivity index (χ4v) is 1.54. The summed E-state index contributed by atoms with van der Waals surface area (Å²) in [7, 11) is 1.47. The molecule has 2 nitrogen and oxygen atoms in total. The summed E-state index contributed by atoms with van der Waals surface area (Å²) < 4.78 is 18.0. The van der Waals surface area contributed by atoms with Crippen LogP contribution >= 0.6 is 15.9 Å². The third-order valence-corrected chi connectivity index (χ3v) is 2.56. The molecule has 0 unspecified atom stereocenters. The van der Waals surface area contributed by atoms with E-state index in [-0.39, 0.29) is 5.78 Å². The molecule has 0 N–H and O–H groups in total. The molecule has 0 aliphatic heterocycles. The van der Waals surface area contributed by atoms with Crippen LogP contribution in [0.2, 0.25) is 0 Å². The second-order valence-electron chi connectivity index (χ2n) is 3.06. The highest BCUT2D eigenvalue weighted by atomic mass is 79.9. The first-order chi connectivity index (χ1) is 7.19. The van der Waals surface area contributed by atoms with E-state index >= 15 is 0 Å². The van der Waals surface area contributed by atoms with Gasteiger partial charge in [-0.15, -0.1) is 0 Å². The topological polar surface area (TPSA) is 26.3 Å². The Morgan fingerprint density at radius 3 is 2.87 bits per heavy atom. The maximum Gasteiger partial charge on any atom is 0.166 e. The van der Waals surface area contributed by atoms with Crippen LogP contribution in [0.25, 0.3) is 0 Å². The second kappa shape index (κ2) is 5.85. The molecule has 1 rings (SSSR count). The van der Waals surface area contributed by atoms with Crippen molar-refractivity contribution in [3.63, 3.8) is 0 Å². The van der Waals surface area contributed by atoms with Crippen LogP contribution in [0.4, 0.5) is 4.39 Å². The van der Waals surface area contributed by atoms with Crippen molar-refractivity contribution in [3.05, 3.63) is 29.6 Å². The minimum Gasteiger partial charge on any atom is -0.496 e. The molecule has 0 saturated heterocycles. The van der Waals surface area contributed by atoms with Crippen LogP contribution in [0.1, 0.15) is 23.2 Å². The van der Waals surface area contributed by atoms with Crippen molar-refractivity contribution in [2.45, 2.75) is 12.8 Å². The zero-order valence-electron chi connectivity index (χ0n) is 8.43. The first-order valence-electron chi connectivity index (χ1n) is 4.61. The maximum atomic E-state index is 12.9. The van der Waals surface area contributed by atoms with E-state index in [9.17, 15) is 9.18 Å². The summed E-state index contributed by atoms with van der Waals surface area (Å²) in [6, 6.07) is 3.96. The Bertz CT molecular complexity index is 352. The number of carbonyl (C=O) groups is 1. The molecule has 0 spiro atoms. The SMILES string of the molecule is COc1ccc(F)cc1C(=O)CCCBr. The molecule has 15 heavy (non-hydrogen) atoms. The lowest BCUT2D eigenvalue weighted by Gasteiger charge is -2.06. The number of alkyl halides is 1. The molecule has 1 aromatic carbocycles. The number of carbonyl (C=O) groups excluding carboxylic acids is 1. The highest BCUT2D eigenvalue weighted by molar-refractivity contribution is 9.09. The predicted octanol–water partition coefficient (Wildman–Crippen LogP) is 3.19. The summed E-state index contributed by atoms with van der Waals surface area (Å²) in [6.45, 7) is 0. The maximum absolute atomic E-state index is 12.9. The standard InChI is InChI=1S/C11H12BrFO2/c1-15-11-5-4-8(13)7-9(11)10(14)3-2-6-12/h4-5,7H,2-3,6H2,1H3. The number of ketones is 1. The molecule has 0 bridgehead atoms. The minimum absolute atomic E-state index is 0.0919. The second-order valence-corrected chi connectivity index (χ2v) is 3.85. The molecule has 1 aromatic rings. The zero-order chi connectivity index (χ0) is 11.3. The Morgan fingerprint density at radius 2 is 2.27 bits per heavy atom. The van der Waals surface area contributed by atoms with E-state index in [2.05, 4.69) is 15.9 Å². The highest BCUT2D eigenvalue weighted by Crippen LogP contribution is 2.21. The zero-order valence-corrected chi connectivity index (χ0v) is 10.0. The van der Waals surface area contributed by atoms with E-state index in [0.29, 0.717) is 17.7 Å². The van der Waals surface area contributed by atoms with Gasteiger partial charge in [-0.1, -0.05) is 15.9 Å². The largest absolute Gasteiger partial charge is 0.496 e. The van der Waals surface area contributed by atoms with Gasteiger partial charge in [0.05, 0.1) is 12.7 Å². The van der Waals surface area contributed by atoms with Crippen LogP contribution in [-0.2, 0) is 0 Å². The van der Waals surface area contributed by atoms with Crippen LogP contribution in [0.15, 0.2) is 18.2 Å². The molecule has 0 saturated carbocycles. The number of ether oxygens (including phenoxy) is 1. The minimum atomic E-state index is -0.419. The fraction of sp³-hybridized carbons (Fsp3) is 0.364. The van der Waals surface area contributed by atoms with E-state index in [1.807, 2.05) is 0 Å². The third kappa shape index (κ3) is 3.30. The van der Waals surface area contributed by atoms with Gasteiger partial charge in [0.1, 0.15) is 11.6 Å². The number of hydrogen-bond donors (Lipinski definition) is 0. The molecule has 0 atom stereocenters. The van der Waals surface area contributed by atoms with Gasteiger partial charge in [-0.3, -0.25) is 4.79 Å². The van der Waals surface area contributed by atoms with Gasteiger partial charge in [0.2, 0.25) is 0 Å². The number of benzene rings is 1. The van der Waals surface area contributed by atoms with Crippen LogP contribution in [0.3, 0.4) is 0 Å². The average Bonchev–Trinajstić information content (AvgIpc) is 2.25. The summed E-state index contributed by atoms with van der Waals surface area (Å²) >= 11 is 3.24. The van der Waals surface area contributed by atoms with Gasteiger partial charge in [-0.05, 0) is 24.6 Å². The van der Waals surface area contributed by atoms with Crippen molar-refractivity contribution in [2.75, 3.05) is 12.4 Å². The fourth-order valence-electron chi connectivity index (χ4n) is 1.26. The van der Waals surface area contributed by atoms with Crippen molar-refractivity contribution in [1.29, 1.82) is 0 Å². The van der Waals surface area contributed by atoms with Gasteiger partial charge in [0.15, 0.2) is 5.78 Å². The molecule has 0 aliphatic rings. The Hall–Kier alpha value is -0.900. The van der Waals surface area contributed by atoms with Gasteiger partial charge >= 0.3 is 0 Å². The quantitative estimate of drug-likeness (QED) is 0.609. The molecular formula is C11H12BrFO2. The van der Waals surface area contributed by atoms with Crippen molar-refractivity contribution in [2.24, 2.45) is 0 Å². The van der Waals surface area contributed by atoms with Gasteiger partial charge in [0, 0.05) is 11.8 Å². The number of methoxy groups -OCH3 is 1. The molecule has 0 amide bonds. The van der Waals surface area contributed by atoms with Crippen molar-refractivity contribution >= 4 is 21.7 Å². The average molecular weight is 275 g/mol.